The third-order valence-corrected chi connectivity index (χ3v) is 3.36. The summed E-state index contributed by atoms with van der Waals surface area (Å²) in [7, 11) is 0. The van der Waals surface area contributed by atoms with Gasteiger partial charge in [-0.2, -0.15) is 0 Å². The molecule has 2 rings (SSSR count). The molecule has 0 fully saturated rings. The molecule has 0 bridgehead atoms. The summed E-state index contributed by atoms with van der Waals surface area (Å²) < 4.78 is 13.5. The Labute approximate surface area is 125 Å². The van der Waals surface area contributed by atoms with Crippen molar-refractivity contribution in [2.75, 3.05) is 17.2 Å². The SMILES string of the molecule is Cc1ccc(NC(=O)CNc2ccc(F)cc2Br)cc1. The number of nitrogens with one attached hydrogen (secondary N) is 2. The van der Waals surface area contributed by atoms with Gasteiger partial charge in [-0.3, -0.25) is 4.79 Å². The molecule has 0 radical (unpaired) electrons. The highest BCUT2D eigenvalue weighted by Gasteiger charge is 2.05. The number of anilines is 2. The summed E-state index contributed by atoms with van der Waals surface area (Å²) in [6.45, 7) is 2.09. The highest BCUT2D eigenvalue weighted by Crippen LogP contribution is 2.22. The standard InChI is InChI=1S/C15H14BrFN2O/c1-10-2-5-12(6-3-10)19-15(20)9-18-14-7-4-11(17)8-13(14)16/h2-8,18H,9H2,1H3,(H,19,20). The van der Waals surface area contributed by atoms with E-state index < -0.39 is 0 Å². The average Bonchev–Trinajstić information content (AvgIpc) is 2.40. The lowest BCUT2D eigenvalue weighted by molar-refractivity contribution is -0.114. The van der Waals surface area contributed by atoms with E-state index in [9.17, 15) is 9.18 Å². The van der Waals surface area contributed by atoms with Gasteiger partial charge in [0.2, 0.25) is 5.91 Å². The molecule has 0 spiro atoms. The van der Waals surface area contributed by atoms with Gasteiger partial charge in [-0.15, -0.1) is 0 Å². The molecule has 5 heteroatoms. The van der Waals surface area contributed by atoms with Crippen LogP contribution in [0.2, 0.25) is 0 Å². The van der Waals surface area contributed by atoms with Crippen LogP contribution < -0.4 is 10.6 Å². The second-order valence-electron chi connectivity index (χ2n) is 4.39. The molecular formula is C15H14BrFN2O. The number of aryl methyl sites for hydroxylation is 1. The molecule has 1 amide bonds. The van der Waals surface area contributed by atoms with E-state index in [-0.39, 0.29) is 18.3 Å². The minimum Gasteiger partial charge on any atom is -0.375 e. The van der Waals surface area contributed by atoms with Crippen molar-refractivity contribution >= 4 is 33.2 Å². The summed E-state index contributed by atoms with van der Waals surface area (Å²) in [5.74, 6) is -0.489. The molecule has 0 heterocycles. The van der Waals surface area contributed by atoms with Crippen LogP contribution in [0.5, 0.6) is 0 Å². The van der Waals surface area contributed by atoms with Crippen molar-refractivity contribution in [3.05, 3.63) is 58.3 Å². The Morgan fingerprint density at radius 1 is 1.20 bits per heavy atom. The summed E-state index contributed by atoms with van der Waals surface area (Å²) in [5, 5.41) is 5.73. The Kier molecular flexibility index (Phi) is 4.74. The van der Waals surface area contributed by atoms with Crippen molar-refractivity contribution in [3.8, 4) is 0 Å². The van der Waals surface area contributed by atoms with Crippen molar-refractivity contribution in [1.29, 1.82) is 0 Å². The first-order valence-electron chi connectivity index (χ1n) is 6.10. The lowest BCUT2D eigenvalue weighted by Gasteiger charge is -2.09. The zero-order valence-electron chi connectivity index (χ0n) is 10.9. The first-order valence-corrected chi connectivity index (χ1v) is 6.89. The van der Waals surface area contributed by atoms with Gasteiger partial charge in [0.25, 0.3) is 0 Å². The number of carbonyl (C=O) groups excluding carboxylic acids is 1. The second-order valence-corrected chi connectivity index (χ2v) is 5.25. The van der Waals surface area contributed by atoms with E-state index in [1.54, 1.807) is 6.07 Å². The Morgan fingerprint density at radius 3 is 2.55 bits per heavy atom. The van der Waals surface area contributed by atoms with Crippen LogP contribution in [-0.2, 0) is 4.79 Å². The highest BCUT2D eigenvalue weighted by molar-refractivity contribution is 9.10. The fourth-order valence-electron chi connectivity index (χ4n) is 1.65. The molecule has 104 valence electrons. The van der Waals surface area contributed by atoms with Crippen LogP contribution in [0.15, 0.2) is 46.9 Å². The van der Waals surface area contributed by atoms with Gasteiger partial charge in [-0.05, 0) is 53.2 Å². The van der Waals surface area contributed by atoms with Crippen LogP contribution in [0.1, 0.15) is 5.56 Å². The minimum atomic E-state index is -0.327. The Bertz CT molecular complexity index is 614. The molecule has 2 aromatic rings. The van der Waals surface area contributed by atoms with Gasteiger partial charge >= 0.3 is 0 Å². The molecule has 3 nitrogen and oxygen atoms in total. The number of halogens is 2. The van der Waals surface area contributed by atoms with E-state index in [0.717, 1.165) is 11.3 Å². The lowest BCUT2D eigenvalue weighted by Crippen LogP contribution is -2.21. The maximum Gasteiger partial charge on any atom is 0.243 e. The number of hydrogen-bond donors (Lipinski definition) is 2. The fraction of sp³-hybridized carbons (Fsp3) is 0.133. The van der Waals surface area contributed by atoms with E-state index in [2.05, 4.69) is 26.6 Å². The van der Waals surface area contributed by atoms with Gasteiger partial charge in [0.05, 0.1) is 6.54 Å². The molecule has 2 aromatic carbocycles. The zero-order chi connectivity index (χ0) is 14.5. The van der Waals surface area contributed by atoms with Crippen LogP contribution >= 0.6 is 15.9 Å². The lowest BCUT2D eigenvalue weighted by atomic mass is 10.2. The summed E-state index contributed by atoms with van der Waals surface area (Å²) in [6.07, 6.45) is 0. The predicted octanol–water partition coefficient (Wildman–Crippen LogP) is 3.95. The van der Waals surface area contributed by atoms with Crippen LogP contribution in [-0.4, -0.2) is 12.5 Å². The van der Waals surface area contributed by atoms with E-state index >= 15 is 0 Å². The van der Waals surface area contributed by atoms with E-state index in [4.69, 9.17) is 0 Å². The van der Waals surface area contributed by atoms with E-state index in [0.29, 0.717) is 10.2 Å². The minimum absolute atomic E-state index is 0.109. The molecule has 2 N–H and O–H groups in total. The van der Waals surface area contributed by atoms with Crippen LogP contribution in [0.4, 0.5) is 15.8 Å². The molecule has 0 aromatic heterocycles. The molecule has 20 heavy (non-hydrogen) atoms. The van der Waals surface area contributed by atoms with Gasteiger partial charge < -0.3 is 10.6 Å². The monoisotopic (exact) mass is 336 g/mol. The number of rotatable bonds is 4. The third kappa shape index (κ3) is 4.06. The van der Waals surface area contributed by atoms with Gasteiger partial charge in [0, 0.05) is 15.8 Å². The molecule has 0 atom stereocenters. The highest BCUT2D eigenvalue weighted by atomic mass is 79.9. The van der Waals surface area contributed by atoms with Crippen molar-refractivity contribution in [1.82, 2.24) is 0 Å². The van der Waals surface area contributed by atoms with Crippen molar-refractivity contribution in [2.24, 2.45) is 0 Å². The molecular weight excluding hydrogens is 323 g/mol. The quantitative estimate of drug-likeness (QED) is 0.887. The smallest absolute Gasteiger partial charge is 0.243 e. The first kappa shape index (κ1) is 14.5. The predicted molar refractivity (Wildman–Crippen MR) is 82.4 cm³/mol. The second kappa shape index (κ2) is 6.52. The van der Waals surface area contributed by atoms with Crippen LogP contribution in [0, 0.1) is 12.7 Å². The van der Waals surface area contributed by atoms with E-state index in [1.807, 2.05) is 31.2 Å². The third-order valence-electron chi connectivity index (χ3n) is 2.71. The summed E-state index contributed by atoms with van der Waals surface area (Å²) in [5.41, 5.74) is 2.56. The molecule has 0 saturated carbocycles. The zero-order valence-corrected chi connectivity index (χ0v) is 12.5. The largest absolute Gasteiger partial charge is 0.375 e. The van der Waals surface area contributed by atoms with Gasteiger partial charge in [0.1, 0.15) is 5.82 Å². The molecule has 0 aliphatic carbocycles. The van der Waals surface area contributed by atoms with Gasteiger partial charge in [-0.25, -0.2) is 4.39 Å². The summed E-state index contributed by atoms with van der Waals surface area (Å²) >= 11 is 3.24. The number of carbonyl (C=O) groups is 1. The fourth-order valence-corrected chi connectivity index (χ4v) is 2.14. The summed E-state index contributed by atoms with van der Waals surface area (Å²) in [6, 6.07) is 11.8. The molecule has 0 aliphatic heterocycles. The van der Waals surface area contributed by atoms with Crippen LogP contribution in [0.3, 0.4) is 0 Å². The van der Waals surface area contributed by atoms with Crippen LogP contribution in [0.25, 0.3) is 0 Å². The Balaban J connectivity index is 1.90. The Hall–Kier alpha value is -1.88. The Morgan fingerprint density at radius 2 is 1.90 bits per heavy atom. The number of benzene rings is 2. The summed E-state index contributed by atoms with van der Waals surface area (Å²) in [4.78, 5) is 11.8. The maximum absolute atomic E-state index is 12.9. The number of amides is 1. The van der Waals surface area contributed by atoms with Gasteiger partial charge in [0.15, 0.2) is 0 Å². The molecule has 0 unspecified atom stereocenters. The molecule has 0 aliphatic rings. The maximum atomic E-state index is 12.9. The van der Waals surface area contributed by atoms with Gasteiger partial charge in [-0.1, -0.05) is 17.7 Å². The molecule has 0 saturated heterocycles. The van der Waals surface area contributed by atoms with Crippen molar-refractivity contribution in [2.45, 2.75) is 6.92 Å². The number of hydrogen-bond acceptors (Lipinski definition) is 2. The normalized spacial score (nSPS) is 10.2. The van der Waals surface area contributed by atoms with E-state index in [1.165, 1.54) is 12.1 Å². The first-order chi connectivity index (χ1) is 9.54. The van der Waals surface area contributed by atoms with Crippen molar-refractivity contribution < 1.29 is 9.18 Å². The topological polar surface area (TPSA) is 41.1 Å². The van der Waals surface area contributed by atoms with Crippen molar-refractivity contribution in [3.63, 3.8) is 0 Å². The average molecular weight is 337 g/mol.